The van der Waals surface area contributed by atoms with E-state index in [2.05, 4.69) is 19.1 Å². The van der Waals surface area contributed by atoms with Crippen molar-refractivity contribution in [3.63, 3.8) is 0 Å². The molecule has 19 heavy (non-hydrogen) atoms. The molecule has 4 atom stereocenters. The zero-order valence-electron chi connectivity index (χ0n) is 11.9. The summed E-state index contributed by atoms with van der Waals surface area (Å²) in [6.07, 6.45) is 10.7. The molecule has 0 heterocycles. The highest BCUT2D eigenvalue weighted by Crippen LogP contribution is 2.44. The van der Waals surface area contributed by atoms with Crippen LogP contribution >= 0.6 is 0 Å². The monoisotopic (exact) mass is 264 g/mol. The minimum absolute atomic E-state index is 0.0639. The van der Waals surface area contributed by atoms with Gasteiger partial charge in [0.2, 0.25) is 6.29 Å². The van der Waals surface area contributed by atoms with Crippen molar-refractivity contribution < 1.29 is 14.3 Å². The van der Waals surface area contributed by atoms with Crippen molar-refractivity contribution in [3.05, 3.63) is 12.2 Å². The van der Waals surface area contributed by atoms with Crippen molar-refractivity contribution in [1.82, 2.24) is 0 Å². The fourth-order valence-electron chi connectivity index (χ4n) is 3.97. The van der Waals surface area contributed by atoms with E-state index in [4.69, 9.17) is 9.47 Å². The van der Waals surface area contributed by atoms with Gasteiger partial charge in [-0.25, -0.2) is 0 Å². The standard InChI is InChI=1S/C16H24O3/c1-11(19-16(2)7-3-4-8-16)18-15(17)14-10-12-5-6-13(14)9-12/h5-6,11-14H,3-4,7-10H2,1-2H3. The molecule has 0 radical (unpaired) electrons. The van der Waals surface area contributed by atoms with Crippen LogP contribution in [0.1, 0.15) is 52.4 Å². The largest absolute Gasteiger partial charge is 0.436 e. The molecule has 4 unspecified atom stereocenters. The van der Waals surface area contributed by atoms with E-state index >= 15 is 0 Å². The minimum Gasteiger partial charge on any atom is -0.436 e. The second kappa shape index (κ2) is 4.93. The molecule has 106 valence electrons. The van der Waals surface area contributed by atoms with Gasteiger partial charge in [-0.05, 0) is 51.4 Å². The van der Waals surface area contributed by atoms with Crippen molar-refractivity contribution in [2.45, 2.75) is 64.3 Å². The summed E-state index contributed by atoms with van der Waals surface area (Å²) in [5, 5.41) is 0. The SMILES string of the molecule is CC(OC(=O)C1CC2C=CC1C2)OC1(C)CCCC1. The van der Waals surface area contributed by atoms with Crippen LogP contribution < -0.4 is 0 Å². The van der Waals surface area contributed by atoms with Crippen molar-refractivity contribution >= 4 is 5.97 Å². The van der Waals surface area contributed by atoms with Gasteiger partial charge in [0.1, 0.15) is 0 Å². The van der Waals surface area contributed by atoms with Crippen LogP contribution in [0.2, 0.25) is 0 Å². The van der Waals surface area contributed by atoms with Gasteiger partial charge in [0.05, 0.1) is 11.5 Å². The van der Waals surface area contributed by atoms with Crippen LogP contribution in [-0.2, 0) is 14.3 Å². The first-order valence-corrected chi connectivity index (χ1v) is 7.62. The third-order valence-corrected chi connectivity index (χ3v) is 4.98. The Morgan fingerprint density at radius 1 is 1.26 bits per heavy atom. The van der Waals surface area contributed by atoms with Crippen LogP contribution in [-0.4, -0.2) is 17.9 Å². The summed E-state index contributed by atoms with van der Waals surface area (Å²) >= 11 is 0. The average molecular weight is 264 g/mol. The number of ether oxygens (including phenoxy) is 2. The molecule has 0 aromatic heterocycles. The van der Waals surface area contributed by atoms with Gasteiger partial charge in [0.15, 0.2) is 0 Å². The van der Waals surface area contributed by atoms with Gasteiger partial charge in [-0.15, -0.1) is 0 Å². The summed E-state index contributed by atoms with van der Waals surface area (Å²) in [5.74, 6) is 1.02. The number of carbonyl (C=O) groups is 1. The lowest BCUT2D eigenvalue weighted by Crippen LogP contribution is -2.34. The van der Waals surface area contributed by atoms with Crippen LogP contribution in [0.5, 0.6) is 0 Å². The molecule has 0 N–H and O–H groups in total. The molecule has 0 aliphatic heterocycles. The summed E-state index contributed by atoms with van der Waals surface area (Å²) in [7, 11) is 0. The number of hydrogen-bond donors (Lipinski definition) is 0. The van der Waals surface area contributed by atoms with E-state index < -0.39 is 6.29 Å². The van der Waals surface area contributed by atoms with Crippen molar-refractivity contribution in [2.24, 2.45) is 17.8 Å². The molecule has 0 amide bonds. The Morgan fingerprint density at radius 2 is 2.00 bits per heavy atom. The van der Waals surface area contributed by atoms with Gasteiger partial charge in [0.25, 0.3) is 0 Å². The van der Waals surface area contributed by atoms with Crippen LogP contribution in [0.4, 0.5) is 0 Å². The van der Waals surface area contributed by atoms with Crippen LogP contribution in [0.15, 0.2) is 12.2 Å². The van der Waals surface area contributed by atoms with E-state index in [1.165, 1.54) is 12.8 Å². The molecule has 0 spiro atoms. The molecule has 2 fully saturated rings. The first-order valence-electron chi connectivity index (χ1n) is 7.62. The van der Waals surface area contributed by atoms with E-state index in [0.29, 0.717) is 11.8 Å². The molecule has 2 bridgehead atoms. The number of rotatable bonds is 4. The number of esters is 1. The zero-order valence-corrected chi connectivity index (χ0v) is 11.9. The van der Waals surface area contributed by atoms with Gasteiger partial charge in [-0.3, -0.25) is 4.79 Å². The quantitative estimate of drug-likeness (QED) is 0.443. The average Bonchev–Trinajstić information content (AvgIpc) is 3.04. The third kappa shape index (κ3) is 2.71. The van der Waals surface area contributed by atoms with Crippen molar-refractivity contribution in [2.75, 3.05) is 0 Å². The van der Waals surface area contributed by atoms with E-state index in [1.807, 2.05) is 6.92 Å². The Labute approximate surface area is 115 Å². The van der Waals surface area contributed by atoms with E-state index in [-0.39, 0.29) is 17.5 Å². The van der Waals surface area contributed by atoms with Crippen LogP contribution in [0, 0.1) is 17.8 Å². The third-order valence-electron chi connectivity index (χ3n) is 4.98. The second-order valence-electron chi connectivity index (χ2n) is 6.67. The maximum atomic E-state index is 12.2. The van der Waals surface area contributed by atoms with Crippen LogP contribution in [0.3, 0.4) is 0 Å². The predicted molar refractivity (Wildman–Crippen MR) is 72.4 cm³/mol. The molecule has 0 aromatic carbocycles. The van der Waals surface area contributed by atoms with E-state index in [9.17, 15) is 4.79 Å². The molecule has 3 aliphatic carbocycles. The molecule has 3 heteroatoms. The molecule has 3 rings (SSSR count). The topological polar surface area (TPSA) is 35.5 Å². The molecule has 3 aliphatic rings. The predicted octanol–water partition coefficient (Wildman–Crippen LogP) is 3.44. The minimum atomic E-state index is -0.418. The van der Waals surface area contributed by atoms with Gasteiger partial charge >= 0.3 is 5.97 Å². The number of hydrogen-bond acceptors (Lipinski definition) is 3. The maximum absolute atomic E-state index is 12.2. The van der Waals surface area contributed by atoms with Crippen molar-refractivity contribution in [1.29, 1.82) is 0 Å². The van der Waals surface area contributed by atoms with Gasteiger partial charge < -0.3 is 9.47 Å². The highest BCUT2D eigenvalue weighted by atomic mass is 16.7. The summed E-state index contributed by atoms with van der Waals surface area (Å²) in [5.41, 5.74) is -0.0890. The smallest absolute Gasteiger partial charge is 0.311 e. The molecular weight excluding hydrogens is 240 g/mol. The lowest BCUT2D eigenvalue weighted by atomic mass is 9.94. The maximum Gasteiger partial charge on any atom is 0.311 e. The second-order valence-corrected chi connectivity index (χ2v) is 6.67. The summed E-state index contributed by atoms with van der Waals surface area (Å²) < 4.78 is 11.5. The molecule has 0 saturated heterocycles. The first kappa shape index (κ1) is 13.2. The highest BCUT2D eigenvalue weighted by molar-refractivity contribution is 5.74. The fraction of sp³-hybridized carbons (Fsp3) is 0.812. The number of allylic oxidation sites excluding steroid dienone is 2. The fourth-order valence-corrected chi connectivity index (χ4v) is 3.97. The van der Waals surface area contributed by atoms with E-state index in [1.54, 1.807) is 0 Å². The number of fused-ring (bicyclic) bond motifs is 2. The van der Waals surface area contributed by atoms with E-state index in [0.717, 1.165) is 25.7 Å². The zero-order chi connectivity index (χ0) is 13.5. The lowest BCUT2D eigenvalue weighted by Gasteiger charge is -2.29. The first-order chi connectivity index (χ1) is 9.06. The Hall–Kier alpha value is -0.830. The van der Waals surface area contributed by atoms with Crippen LogP contribution in [0.25, 0.3) is 0 Å². The lowest BCUT2D eigenvalue weighted by molar-refractivity contribution is -0.206. The normalized spacial score (nSPS) is 36.6. The molecule has 0 aromatic rings. The summed E-state index contributed by atoms with van der Waals surface area (Å²) in [6.45, 7) is 3.98. The van der Waals surface area contributed by atoms with Gasteiger partial charge in [-0.2, -0.15) is 0 Å². The summed E-state index contributed by atoms with van der Waals surface area (Å²) in [4.78, 5) is 12.2. The number of carbonyl (C=O) groups excluding carboxylic acids is 1. The molecule has 3 nitrogen and oxygen atoms in total. The Balaban J connectivity index is 1.50. The highest BCUT2D eigenvalue weighted by Gasteiger charge is 2.41. The summed E-state index contributed by atoms with van der Waals surface area (Å²) in [6, 6.07) is 0. The molecular formula is C16H24O3. The van der Waals surface area contributed by atoms with Crippen molar-refractivity contribution in [3.8, 4) is 0 Å². The Bertz CT molecular complexity index is 381. The Kier molecular flexibility index (Phi) is 3.42. The van der Waals surface area contributed by atoms with Gasteiger partial charge in [-0.1, -0.05) is 25.0 Å². The van der Waals surface area contributed by atoms with Gasteiger partial charge in [0, 0.05) is 0 Å². The Morgan fingerprint density at radius 3 is 2.58 bits per heavy atom. The molecule has 2 saturated carbocycles.